The van der Waals surface area contributed by atoms with Gasteiger partial charge in [0.05, 0.1) is 12.1 Å². The molecule has 2 unspecified atom stereocenters. The van der Waals surface area contributed by atoms with Gasteiger partial charge in [-0.05, 0) is 19.8 Å². The SMILES string of the molecule is CC(NCC1CCCO1)C(=O)NCC(F)(F)F. The van der Waals surface area contributed by atoms with E-state index in [-0.39, 0.29) is 6.10 Å². The van der Waals surface area contributed by atoms with Crippen molar-refractivity contribution in [1.29, 1.82) is 0 Å². The van der Waals surface area contributed by atoms with E-state index in [0.717, 1.165) is 12.8 Å². The molecule has 1 aliphatic rings. The third kappa shape index (κ3) is 5.88. The first-order chi connectivity index (χ1) is 7.88. The first-order valence-electron chi connectivity index (χ1n) is 5.58. The molecule has 0 aromatic rings. The van der Waals surface area contributed by atoms with Gasteiger partial charge in [-0.25, -0.2) is 0 Å². The van der Waals surface area contributed by atoms with E-state index in [1.807, 2.05) is 5.32 Å². The van der Waals surface area contributed by atoms with Gasteiger partial charge in [-0.2, -0.15) is 13.2 Å². The van der Waals surface area contributed by atoms with Crippen molar-refractivity contribution in [1.82, 2.24) is 10.6 Å². The molecule has 17 heavy (non-hydrogen) atoms. The lowest BCUT2D eigenvalue weighted by Crippen LogP contribution is -2.47. The highest BCUT2D eigenvalue weighted by molar-refractivity contribution is 5.81. The van der Waals surface area contributed by atoms with Gasteiger partial charge in [-0.15, -0.1) is 0 Å². The highest BCUT2D eigenvalue weighted by Crippen LogP contribution is 2.12. The maximum atomic E-state index is 11.9. The second kappa shape index (κ2) is 6.20. The molecule has 1 amide bonds. The number of amides is 1. The number of carbonyl (C=O) groups is 1. The monoisotopic (exact) mass is 254 g/mol. The van der Waals surface area contributed by atoms with Gasteiger partial charge in [0.15, 0.2) is 0 Å². The average molecular weight is 254 g/mol. The van der Waals surface area contributed by atoms with E-state index in [4.69, 9.17) is 4.74 Å². The van der Waals surface area contributed by atoms with E-state index >= 15 is 0 Å². The smallest absolute Gasteiger partial charge is 0.377 e. The van der Waals surface area contributed by atoms with Crippen molar-refractivity contribution in [2.75, 3.05) is 19.7 Å². The lowest BCUT2D eigenvalue weighted by molar-refractivity contribution is -0.139. The number of hydrogen-bond donors (Lipinski definition) is 2. The van der Waals surface area contributed by atoms with Crippen LogP contribution in [0.15, 0.2) is 0 Å². The van der Waals surface area contributed by atoms with Gasteiger partial charge in [0.25, 0.3) is 0 Å². The van der Waals surface area contributed by atoms with Crippen molar-refractivity contribution < 1.29 is 22.7 Å². The van der Waals surface area contributed by atoms with Crippen LogP contribution in [-0.4, -0.2) is 43.9 Å². The number of alkyl halides is 3. The minimum Gasteiger partial charge on any atom is -0.377 e. The van der Waals surface area contributed by atoms with Crippen LogP contribution < -0.4 is 10.6 Å². The molecule has 0 radical (unpaired) electrons. The summed E-state index contributed by atoms with van der Waals surface area (Å²) in [4.78, 5) is 11.3. The predicted molar refractivity (Wildman–Crippen MR) is 55.5 cm³/mol. The summed E-state index contributed by atoms with van der Waals surface area (Å²) < 4.78 is 40.9. The number of rotatable bonds is 5. The summed E-state index contributed by atoms with van der Waals surface area (Å²) in [6, 6.07) is -0.651. The highest BCUT2D eigenvalue weighted by Gasteiger charge is 2.28. The standard InChI is InChI=1S/C10H17F3N2O2/c1-7(9(16)15-6-10(11,12)13)14-5-8-3-2-4-17-8/h7-8,14H,2-6H2,1H3,(H,15,16). The third-order valence-electron chi connectivity index (χ3n) is 2.53. The molecule has 0 aromatic carbocycles. The van der Waals surface area contributed by atoms with E-state index in [0.29, 0.717) is 13.2 Å². The summed E-state index contributed by atoms with van der Waals surface area (Å²) in [7, 11) is 0. The van der Waals surface area contributed by atoms with Crippen LogP contribution in [0.2, 0.25) is 0 Å². The minimum absolute atomic E-state index is 0.0628. The molecule has 7 heteroatoms. The molecular formula is C10H17F3N2O2. The first-order valence-corrected chi connectivity index (χ1v) is 5.58. The molecule has 0 aromatic heterocycles. The zero-order valence-corrected chi connectivity index (χ0v) is 9.64. The van der Waals surface area contributed by atoms with Crippen molar-refractivity contribution in [3.63, 3.8) is 0 Å². The topological polar surface area (TPSA) is 50.4 Å². The molecule has 0 spiro atoms. The van der Waals surface area contributed by atoms with E-state index in [2.05, 4.69) is 5.32 Å². The first kappa shape index (κ1) is 14.2. The molecule has 1 fully saturated rings. The number of halogens is 3. The molecule has 1 saturated heterocycles. The van der Waals surface area contributed by atoms with E-state index in [9.17, 15) is 18.0 Å². The summed E-state index contributed by atoms with van der Waals surface area (Å²) in [5.41, 5.74) is 0. The van der Waals surface area contributed by atoms with Gasteiger partial charge in [-0.3, -0.25) is 4.79 Å². The zero-order chi connectivity index (χ0) is 12.9. The van der Waals surface area contributed by atoms with Gasteiger partial charge in [0.1, 0.15) is 6.54 Å². The number of hydrogen-bond acceptors (Lipinski definition) is 3. The van der Waals surface area contributed by atoms with Crippen LogP contribution in [0.1, 0.15) is 19.8 Å². The Morgan fingerprint density at radius 1 is 1.53 bits per heavy atom. The van der Waals surface area contributed by atoms with E-state index in [1.54, 1.807) is 0 Å². The van der Waals surface area contributed by atoms with Crippen LogP contribution in [0.5, 0.6) is 0 Å². The zero-order valence-electron chi connectivity index (χ0n) is 9.64. The summed E-state index contributed by atoms with van der Waals surface area (Å²) in [6.07, 6.45) is -2.40. The summed E-state index contributed by atoms with van der Waals surface area (Å²) in [5, 5.41) is 4.69. The van der Waals surface area contributed by atoms with Crippen LogP contribution in [0.4, 0.5) is 13.2 Å². The highest BCUT2D eigenvalue weighted by atomic mass is 19.4. The van der Waals surface area contributed by atoms with Crippen molar-refractivity contribution in [3.05, 3.63) is 0 Å². The Labute approximate surface area is 97.9 Å². The van der Waals surface area contributed by atoms with Crippen LogP contribution in [0.25, 0.3) is 0 Å². The maximum Gasteiger partial charge on any atom is 0.405 e. The van der Waals surface area contributed by atoms with Crippen LogP contribution in [-0.2, 0) is 9.53 Å². The van der Waals surface area contributed by atoms with Crippen LogP contribution >= 0.6 is 0 Å². The van der Waals surface area contributed by atoms with Crippen LogP contribution in [0.3, 0.4) is 0 Å². The molecular weight excluding hydrogens is 237 g/mol. The van der Waals surface area contributed by atoms with E-state index < -0.39 is 24.7 Å². The average Bonchev–Trinajstić information content (AvgIpc) is 2.74. The second-order valence-electron chi connectivity index (χ2n) is 4.10. The Bertz CT molecular complexity index is 252. The Morgan fingerprint density at radius 3 is 2.76 bits per heavy atom. The minimum atomic E-state index is -4.37. The van der Waals surface area contributed by atoms with Gasteiger partial charge in [0.2, 0.25) is 5.91 Å². The summed E-state index contributed by atoms with van der Waals surface area (Å²) in [6.45, 7) is 1.43. The Hall–Kier alpha value is -0.820. The quantitative estimate of drug-likeness (QED) is 0.763. The number of ether oxygens (including phenoxy) is 1. The van der Waals surface area contributed by atoms with Crippen molar-refractivity contribution in [2.24, 2.45) is 0 Å². The van der Waals surface area contributed by atoms with Gasteiger partial charge in [-0.1, -0.05) is 0 Å². The predicted octanol–water partition coefficient (Wildman–Crippen LogP) is 0.822. The van der Waals surface area contributed by atoms with Crippen molar-refractivity contribution in [2.45, 2.75) is 38.1 Å². The molecule has 4 nitrogen and oxygen atoms in total. The number of nitrogens with one attached hydrogen (secondary N) is 2. The second-order valence-corrected chi connectivity index (χ2v) is 4.10. The Morgan fingerprint density at radius 2 is 2.24 bits per heavy atom. The molecule has 1 heterocycles. The van der Waals surface area contributed by atoms with Crippen molar-refractivity contribution >= 4 is 5.91 Å². The maximum absolute atomic E-state index is 11.9. The molecule has 2 atom stereocenters. The normalized spacial score (nSPS) is 22.5. The van der Waals surface area contributed by atoms with E-state index in [1.165, 1.54) is 6.92 Å². The Balaban J connectivity index is 2.17. The third-order valence-corrected chi connectivity index (χ3v) is 2.53. The van der Waals surface area contributed by atoms with Gasteiger partial charge >= 0.3 is 6.18 Å². The molecule has 0 saturated carbocycles. The fraction of sp³-hybridized carbons (Fsp3) is 0.900. The molecule has 0 aliphatic carbocycles. The Kier molecular flexibility index (Phi) is 5.20. The van der Waals surface area contributed by atoms with Gasteiger partial charge in [0, 0.05) is 13.2 Å². The molecule has 2 N–H and O–H groups in total. The van der Waals surface area contributed by atoms with Crippen molar-refractivity contribution in [3.8, 4) is 0 Å². The lowest BCUT2D eigenvalue weighted by atomic mass is 10.2. The largest absolute Gasteiger partial charge is 0.405 e. The molecule has 0 bridgehead atoms. The fourth-order valence-corrected chi connectivity index (χ4v) is 1.55. The summed E-state index contributed by atoms with van der Waals surface area (Å²) >= 11 is 0. The molecule has 1 aliphatic heterocycles. The summed E-state index contributed by atoms with van der Waals surface area (Å²) in [5.74, 6) is -0.652. The number of carbonyl (C=O) groups excluding carboxylic acids is 1. The van der Waals surface area contributed by atoms with Gasteiger partial charge < -0.3 is 15.4 Å². The van der Waals surface area contributed by atoms with Crippen LogP contribution in [0, 0.1) is 0 Å². The lowest BCUT2D eigenvalue weighted by Gasteiger charge is -2.17. The fourth-order valence-electron chi connectivity index (χ4n) is 1.55. The molecule has 100 valence electrons. The molecule has 1 rings (SSSR count).